The molecule has 100 valence electrons. The van der Waals surface area contributed by atoms with Gasteiger partial charge in [0, 0.05) is 18.3 Å². The Kier molecular flexibility index (Phi) is 5.65. The van der Waals surface area contributed by atoms with Gasteiger partial charge in [0.25, 0.3) is 0 Å². The molecule has 0 saturated carbocycles. The van der Waals surface area contributed by atoms with E-state index in [1.165, 1.54) is 5.56 Å². The van der Waals surface area contributed by atoms with Crippen molar-refractivity contribution in [1.82, 2.24) is 5.32 Å². The minimum absolute atomic E-state index is 0.0371. The Morgan fingerprint density at radius 2 is 1.83 bits per heavy atom. The maximum atomic E-state index is 11.6. The van der Waals surface area contributed by atoms with Gasteiger partial charge in [0.15, 0.2) is 0 Å². The van der Waals surface area contributed by atoms with Gasteiger partial charge in [0.05, 0.1) is 0 Å². The second kappa shape index (κ2) is 7.01. The van der Waals surface area contributed by atoms with E-state index in [1.54, 1.807) is 0 Å². The number of hydrogen-bond donors (Lipinski definition) is 3. The van der Waals surface area contributed by atoms with Crippen LogP contribution in [0.1, 0.15) is 38.7 Å². The van der Waals surface area contributed by atoms with Gasteiger partial charge in [0.2, 0.25) is 0 Å². The molecule has 0 saturated heterocycles. The fourth-order valence-corrected chi connectivity index (χ4v) is 1.61. The first-order valence-corrected chi connectivity index (χ1v) is 6.31. The van der Waals surface area contributed by atoms with Crippen molar-refractivity contribution in [3.63, 3.8) is 0 Å². The molecule has 0 aliphatic rings. The van der Waals surface area contributed by atoms with Crippen LogP contribution in [-0.4, -0.2) is 23.8 Å². The molecule has 1 aromatic rings. The SMILES string of the molecule is CC(C)c1ccc(NC(=O)N[C@H](C)CCO)cc1. The van der Waals surface area contributed by atoms with E-state index in [0.717, 1.165) is 5.69 Å². The fourth-order valence-electron chi connectivity index (χ4n) is 1.61. The van der Waals surface area contributed by atoms with Crippen LogP contribution in [0.25, 0.3) is 0 Å². The van der Waals surface area contributed by atoms with Crippen molar-refractivity contribution in [3.05, 3.63) is 29.8 Å². The molecule has 1 aromatic carbocycles. The van der Waals surface area contributed by atoms with Gasteiger partial charge < -0.3 is 15.7 Å². The number of rotatable bonds is 5. The predicted molar refractivity (Wildman–Crippen MR) is 73.9 cm³/mol. The highest BCUT2D eigenvalue weighted by Gasteiger charge is 2.06. The van der Waals surface area contributed by atoms with Crippen LogP contribution >= 0.6 is 0 Å². The number of anilines is 1. The Labute approximate surface area is 108 Å². The molecule has 0 heterocycles. The highest BCUT2D eigenvalue weighted by Crippen LogP contribution is 2.16. The smallest absolute Gasteiger partial charge is 0.319 e. The second-order valence-corrected chi connectivity index (χ2v) is 4.79. The molecule has 0 aliphatic heterocycles. The molecule has 0 fully saturated rings. The third kappa shape index (κ3) is 4.75. The van der Waals surface area contributed by atoms with E-state index in [1.807, 2.05) is 31.2 Å². The van der Waals surface area contributed by atoms with Gasteiger partial charge >= 0.3 is 6.03 Å². The Balaban J connectivity index is 2.49. The van der Waals surface area contributed by atoms with Gasteiger partial charge in [-0.2, -0.15) is 0 Å². The molecule has 3 N–H and O–H groups in total. The first-order valence-electron chi connectivity index (χ1n) is 6.31. The Morgan fingerprint density at radius 3 is 2.33 bits per heavy atom. The fraction of sp³-hybridized carbons (Fsp3) is 0.500. The molecule has 1 rings (SSSR count). The second-order valence-electron chi connectivity index (χ2n) is 4.79. The highest BCUT2D eigenvalue weighted by atomic mass is 16.3. The summed E-state index contributed by atoms with van der Waals surface area (Å²) in [6.07, 6.45) is 0.555. The van der Waals surface area contributed by atoms with Gasteiger partial charge in [-0.3, -0.25) is 0 Å². The van der Waals surface area contributed by atoms with Crippen LogP contribution in [0.4, 0.5) is 10.5 Å². The molecule has 0 aromatic heterocycles. The number of aliphatic hydroxyl groups excluding tert-OH is 1. The van der Waals surface area contributed by atoms with E-state index < -0.39 is 0 Å². The molecule has 4 nitrogen and oxygen atoms in total. The Hall–Kier alpha value is -1.55. The minimum Gasteiger partial charge on any atom is -0.396 e. The minimum atomic E-state index is -0.242. The van der Waals surface area contributed by atoms with Gasteiger partial charge in [-0.15, -0.1) is 0 Å². The number of urea groups is 1. The summed E-state index contributed by atoms with van der Waals surface area (Å²) < 4.78 is 0. The van der Waals surface area contributed by atoms with Crippen LogP contribution in [0.5, 0.6) is 0 Å². The van der Waals surface area contributed by atoms with Crippen molar-refractivity contribution in [1.29, 1.82) is 0 Å². The van der Waals surface area contributed by atoms with Gasteiger partial charge in [-0.25, -0.2) is 4.79 Å². The van der Waals surface area contributed by atoms with Crippen LogP contribution in [0.15, 0.2) is 24.3 Å². The van der Waals surface area contributed by atoms with Gasteiger partial charge in [-0.1, -0.05) is 26.0 Å². The van der Waals surface area contributed by atoms with Crippen molar-refractivity contribution in [2.75, 3.05) is 11.9 Å². The average molecular weight is 250 g/mol. The Morgan fingerprint density at radius 1 is 1.22 bits per heavy atom. The van der Waals surface area contributed by atoms with E-state index in [-0.39, 0.29) is 18.7 Å². The van der Waals surface area contributed by atoms with Crippen molar-refractivity contribution in [3.8, 4) is 0 Å². The third-order valence-corrected chi connectivity index (χ3v) is 2.77. The van der Waals surface area contributed by atoms with E-state index in [4.69, 9.17) is 5.11 Å². The topological polar surface area (TPSA) is 61.4 Å². The molecule has 1 atom stereocenters. The highest BCUT2D eigenvalue weighted by molar-refractivity contribution is 5.89. The maximum absolute atomic E-state index is 11.6. The molecule has 0 spiro atoms. The largest absolute Gasteiger partial charge is 0.396 e. The summed E-state index contributed by atoms with van der Waals surface area (Å²) in [6, 6.07) is 7.53. The number of hydrogen-bond acceptors (Lipinski definition) is 2. The molecule has 0 radical (unpaired) electrons. The summed E-state index contributed by atoms with van der Waals surface area (Å²) in [5.74, 6) is 0.484. The van der Waals surface area contributed by atoms with Gasteiger partial charge in [-0.05, 0) is 37.0 Å². The molecular formula is C14H22N2O2. The zero-order valence-corrected chi connectivity index (χ0v) is 11.2. The van der Waals surface area contributed by atoms with E-state index in [2.05, 4.69) is 24.5 Å². The van der Waals surface area contributed by atoms with Crippen molar-refractivity contribution >= 4 is 11.7 Å². The molecule has 4 heteroatoms. The summed E-state index contributed by atoms with van der Waals surface area (Å²) in [6.45, 7) is 6.19. The van der Waals surface area contributed by atoms with Crippen molar-refractivity contribution in [2.45, 2.75) is 39.2 Å². The third-order valence-electron chi connectivity index (χ3n) is 2.77. The molecule has 18 heavy (non-hydrogen) atoms. The van der Waals surface area contributed by atoms with Crippen LogP contribution in [0.3, 0.4) is 0 Å². The molecule has 0 bridgehead atoms. The van der Waals surface area contributed by atoms with Crippen molar-refractivity contribution in [2.24, 2.45) is 0 Å². The quantitative estimate of drug-likeness (QED) is 0.752. The van der Waals surface area contributed by atoms with Crippen LogP contribution in [0.2, 0.25) is 0 Å². The number of amides is 2. The zero-order chi connectivity index (χ0) is 13.5. The van der Waals surface area contributed by atoms with Gasteiger partial charge in [0.1, 0.15) is 0 Å². The number of nitrogens with one attached hydrogen (secondary N) is 2. The lowest BCUT2D eigenvalue weighted by atomic mass is 10.0. The lowest BCUT2D eigenvalue weighted by molar-refractivity contribution is 0.241. The summed E-state index contributed by atoms with van der Waals surface area (Å²) >= 11 is 0. The molecule has 0 unspecified atom stereocenters. The standard InChI is InChI=1S/C14H22N2O2/c1-10(2)12-4-6-13(7-5-12)16-14(18)15-11(3)8-9-17/h4-7,10-11,17H,8-9H2,1-3H3,(H2,15,16,18)/t11-/m1/s1. The van der Waals surface area contributed by atoms with E-state index in [0.29, 0.717) is 12.3 Å². The number of benzene rings is 1. The molecule has 0 aliphatic carbocycles. The van der Waals surface area contributed by atoms with E-state index in [9.17, 15) is 4.79 Å². The maximum Gasteiger partial charge on any atom is 0.319 e. The first kappa shape index (κ1) is 14.5. The molecule has 2 amide bonds. The lowest BCUT2D eigenvalue weighted by Gasteiger charge is -2.13. The summed E-state index contributed by atoms with van der Waals surface area (Å²) in [4.78, 5) is 11.6. The van der Waals surface area contributed by atoms with Crippen LogP contribution in [-0.2, 0) is 0 Å². The van der Waals surface area contributed by atoms with Crippen LogP contribution < -0.4 is 10.6 Å². The monoisotopic (exact) mass is 250 g/mol. The number of carbonyl (C=O) groups excluding carboxylic acids is 1. The molecular weight excluding hydrogens is 228 g/mol. The van der Waals surface area contributed by atoms with E-state index >= 15 is 0 Å². The predicted octanol–water partition coefficient (Wildman–Crippen LogP) is 2.70. The average Bonchev–Trinajstić information content (AvgIpc) is 2.29. The Bertz CT molecular complexity index is 374. The normalized spacial score (nSPS) is 12.3. The van der Waals surface area contributed by atoms with Crippen LogP contribution in [0, 0.1) is 0 Å². The summed E-state index contributed by atoms with van der Waals surface area (Å²) in [5, 5.41) is 14.3. The summed E-state index contributed by atoms with van der Waals surface area (Å²) in [5.41, 5.74) is 2.02. The number of carbonyl (C=O) groups is 1. The zero-order valence-electron chi connectivity index (χ0n) is 11.2. The summed E-state index contributed by atoms with van der Waals surface area (Å²) in [7, 11) is 0. The lowest BCUT2D eigenvalue weighted by Crippen LogP contribution is -2.36. The first-order chi connectivity index (χ1) is 8.52. The van der Waals surface area contributed by atoms with Crippen molar-refractivity contribution < 1.29 is 9.90 Å². The number of aliphatic hydroxyl groups is 1.